The van der Waals surface area contributed by atoms with Crippen molar-refractivity contribution < 1.29 is 13.9 Å². The topological polar surface area (TPSA) is 42.2 Å². The average Bonchev–Trinajstić information content (AvgIpc) is 2.42. The lowest BCUT2D eigenvalue weighted by atomic mass is 10.2. The van der Waals surface area contributed by atoms with Crippen LogP contribution in [0.1, 0.15) is 5.56 Å². The highest BCUT2D eigenvalue weighted by Crippen LogP contribution is 2.35. The van der Waals surface area contributed by atoms with Gasteiger partial charge in [0, 0.05) is 6.07 Å². The molecule has 0 spiro atoms. The lowest BCUT2D eigenvalue weighted by molar-refractivity contribution is 0.375. The number of rotatable bonds is 3. The Balaban J connectivity index is 2.34. The summed E-state index contributed by atoms with van der Waals surface area (Å²) in [4.78, 5) is 0. The Bertz CT molecular complexity index is 652. The van der Waals surface area contributed by atoms with E-state index in [0.29, 0.717) is 22.1 Å². The summed E-state index contributed by atoms with van der Waals surface area (Å²) in [7, 11) is 1.42. The minimum absolute atomic E-state index is 0.264. The summed E-state index contributed by atoms with van der Waals surface area (Å²) in [6.07, 6.45) is 0. The Labute approximate surface area is 114 Å². The number of nitrogens with zero attached hydrogens (tertiary/aromatic N) is 1. The van der Waals surface area contributed by atoms with E-state index in [4.69, 9.17) is 26.3 Å². The molecule has 0 aliphatic heterocycles. The summed E-state index contributed by atoms with van der Waals surface area (Å²) in [5, 5.41) is 9.04. The van der Waals surface area contributed by atoms with Gasteiger partial charge in [-0.25, -0.2) is 4.39 Å². The smallest absolute Gasteiger partial charge is 0.169 e. The van der Waals surface area contributed by atoms with Crippen molar-refractivity contribution in [2.45, 2.75) is 0 Å². The van der Waals surface area contributed by atoms with Crippen molar-refractivity contribution >= 4 is 11.6 Å². The van der Waals surface area contributed by atoms with Crippen molar-refractivity contribution in [1.82, 2.24) is 0 Å². The molecule has 5 heteroatoms. The molecule has 0 heterocycles. The first-order valence-electron chi connectivity index (χ1n) is 5.35. The number of hydrogen-bond acceptors (Lipinski definition) is 3. The van der Waals surface area contributed by atoms with Crippen LogP contribution >= 0.6 is 11.6 Å². The molecule has 0 aliphatic rings. The van der Waals surface area contributed by atoms with Gasteiger partial charge in [-0.1, -0.05) is 11.6 Å². The van der Waals surface area contributed by atoms with Crippen LogP contribution < -0.4 is 9.47 Å². The van der Waals surface area contributed by atoms with Crippen molar-refractivity contribution in [3.8, 4) is 23.3 Å². The van der Waals surface area contributed by atoms with Crippen molar-refractivity contribution in [2.75, 3.05) is 7.11 Å². The monoisotopic (exact) mass is 277 g/mol. The molecule has 2 aromatic carbocycles. The van der Waals surface area contributed by atoms with Crippen LogP contribution in [0.25, 0.3) is 0 Å². The highest BCUT2D eigenvalue weighted by Gasteiger charge is 2.10. The standard InChI is InChI=1S/C14H9ClFNO2/c1-18-14-7-10(16)3-5-13(14)19-12-4-2-9(8-17)6-11(12)15/h2-7H,1H3. The van der Waals surface area contributed by atoms with Gasteiger partial charge in [0.1, 0.15) is 11.6 Å². The Morgan fingerprint density at radius 1 is 1.11 bits per heavy atom. The summed E-state index contributed by atoms with van der Waals surface area (Å²) >= 11 is 5.99. The molecule has 2 aromatic rings. The van der Waals surface area contributed by atoms with E-state index in [0.717, 1.165) is 0 Å². The Morgan fingerprint density at radius 3 is 2.47 bits per heavy atom. The summed E-state index contributed by atoms with van der Waals surface area (Å²) in [5.41, 5.74) is 0.434. The second kappa shape index (κ2) is 5.59. The fourth-order valence-corrected chi connectivity index (χ4v) is 1.72. The molecule has 0 unspecified atom stereocenters. The van der Waals surface area contributed by atoms with E-state index in [2.05, 4.69) is 0 Å². The summed E-state index contributed by atoms with van der Waals surface area (Å²) in [6.45, 7) is 0. The zero-order valence-electron chi connectivity index (χ0n) is 9.98. The van der Waals surface area contributed by atoms with Crippen LogP contribution in [0.2, 0.25) is 5.02 Å². The molecule has 0 bridgehead atoms. The zero-order valence-corrected chi connectivity index (χ0v) is 10.7. The first-order chi connectivity index (χ1) is 9.13. The maximum Gasteiger partial charge on any atom is 0.169 e. The van der Waals surface area contributed by atoms with Crippen LogP contribution in [0, 0.1) is 17.1 Å². The van der Waals surface area contributed by atoms with Crippen LogP contribution in [0.3, 0.4) is 0 Å². The highest BCUT2D eigenvalue weighted by molar-refractivity contribution is 6.32. The van der Waals surface area contributed by atoms with Crippen LogP contribution in [-0.4, -0.2) is 7.11 Å². The fraction of sp³-hybridized carbons (Fsp3) is 0.0714. The number of nitriles is 1. The van der Waals surface area contributed by atoms with Gasteiger partial charge in [0.25, 0.3) is 0 Å². The molecular weight excluding hydrogens is 269 g/mol. The zero-order chi connectivity index (χ0) is 13.8. The van der Waals surface area contributed by atoms with E-state index in [1.54, 1.807) is 12.1 Å². The van der Waals surface area contributed by atoms with E-state index in [1.807, 2.05) is 6.07 Å². The Hall–Kier alpha value is -2.25. The quantitative estimate of drug-likeness (QED) is 0.846. The average molecular weight is 278 g/mol. The number of halogens is 2. The molecule has 0 aliphatic carbocycles. The SMILES string of the molecule is COc1cc(F)ccc1Oc1ccc(C#N)cc1Cl. The predicted octanol–water partition coefficient (Wildman–Crippen LogP) is 4.15. The molecule has 0 saturated heterocycles. The third-order valence-electron chi connectivity index (χ3n) is 2.41. The molecule has 2 rings (SSSR count). The normalized spacial score (nSPS) is 9.79. The van der Waals surface area contributed by atoms with Crippen LogP contribution in [0.15, 0.2) is 36.4 Å². The van der Waals surface area contributed by atoms with E-state index in [9.17, 15) is 4.39 Å². The number of hydrogen-bond donors (Lipinski definition) is 0. The van der Waals surface area contributed by atoms with Crippen LogP contribution in [0.4, 0.5) is 4.39 Å². The first-order valence-corrected chi connectivity index (χ1v) is 5.73. The largest absolute Gasteiger partial charge is 0.493 e. The highest BCUT2D eigenvalue weighted by atomic mass is 35.5. The third kappa shape index (κ3) is 2.95. The van der Waals surface area contributed by atoms with Crippen LogP contribution in [-0.2, 0) is 0 Å². The molecule has 0 saturated carbocycles. The van der Waals surface area contributed by atoms with E-state index >= 15 is 0 Å². The molecule has 96 valence electrons. The van der Waals surface area contributed by atoms with E-state index in [1.165, 1.54) is 31.4 Å². The first kappa shape index (κ1) is 13.2. The van der Waals surface area contributed by atoms with Gasteiger partial charge in [-0.2, -0.15) is 5.26 Å². The molecule has 19 heavy (non-hydrogen) atoms. The third-order valence-corrected chi connectivity index (χ3v) is 2.70. The second-order valence-corrected chi connectivity index (χ2v) is 4.06. The lowest BCUT2D eigenvalue weighted by Crippen LogP contribution is -1.92. The molecular formula is C14H9ClFNO2. The fourth-order valence-electron chi connectivity index (χ4n) is 1.50. The van der Waals surface area contributed by atoms with Crippen molar-refractivity contribution in [1.29, 1.82) is 5.26 Å². The molecule has 0 radical (unpaired) electrons. The minimum atomic E-state index is -0.421. The van der Waals surface area contributed by atoms with Gasteiger partial charge in [0.15, 0.2) is 11.5 Å². The molecule has 0 atom stereocenters. The predicted molar refractivity (Wildman–Crippen MR) is 69.2 cm³/mol. The molecule has 0 N–H and O–H groups in total. The molecule has 0 fully saturated rings. The van der Waals surface area contributed by atoms with Gasteiger partial charge in [-0.05, 0) is 30.3 Å². The molecule has 0 amide bonds. The van der Waals surface area contributed by atoms with Crippen molar-refractivity contribution in [3.63, 3.8) is 0 Å². The maximum atomic E-state index is 13.1. The van der Waals surface area contributed by atoms with Crippen LogP contribution in [0.5, 0.6) is 17.2 Å². The molecule has 0 aromatic heterocycles. The van der Waals surface area contributed by atoms with E-state index < -0.39 is 5.82 Å². The summed E-state index contributed by atoms with van der Waals surface area (Å²) in [6, 6.07) is 10.5. The second-order valence-electron chi connectivity index (χ2n) is 3.65. The van der Waals surface area contributed by atoms with E-state index in [-0.39, 0.29) is 5.75 Å². The van der Waals surface area contributed by atoms with Gasteiger partial charge < -0.3 is 9.47 Å². The van der Waals surface area contributed by atoms with Gasteiger partial charge >= 0.3 is 0 Å². The van der Waals surface area contributed by atoms with Gasteiger partial charge in [-0.3, -0.25) is 0 Å². The number of methoxy groups -OCH3 is 1. The lowest BCUT2D eigenvalue weighted by Gasteiger charge is -2.11. The minimum Gasteiger partial charge on any atom is -0.493 e. The van der Waals surface area contributed by atoms with Gasteiger partial charge in [0.2, 0.25) is 0 Å². The maximum absolute atomic E-state index is 13.1. The summed E-state index contributed by atoms with van der Waals surface area (Å²) in [5.74, 6) is 0.552. The van der Waals surface area contributed by atoms with Crippen molar-refractivity contribution in [3.05, 3.63) is 52.8 Å². The molecule has 3 nitrogen and oxygen atoms in total. The summed E-state index contributed by atoms with van der Waals surface area (Å²) < 4.78 is 23.6. The Kier molecular flexibility index (Phi) is 3.88. The Morgan fingerprint density at radius 2 is 1.84 bits per heavy atom. The van der Waals surface area contributed by atoms with Crippen molar-refractivity contribution in [2.24, 2.45) is 0 Å². The number of benzene rings is 2. The van der Waals surface area contributed by atoms with Gasteiger partial charge in [0.05, 0.1) is 23.8 Å². The number of ether oxygens (including phenoxy) is 2. The van der Waals surface area contributed by atoms with Gasteiger partial charge in [-0.15, -0.1) is 0 Å².